The molecule has 0 aliphatic rings. The van der Waals surface area contributed by atoms with E-state index in [9.17, 15) is 16.8 Å². The van der Waals surface area contributed by atoms with Crippen LogP contribution in [0.3, 0.4) is 0 Å². The van der Waals surface area contributed by atoms with Gasteiger partial charge in [0.1, 0.15) is 0 Å². The van der Waals surface area contributed by atoms with E-state index in [0.29, 0.717) is 19.3 Å². The van der Waals surface area contributed by atoms with E-state index >= 15 is 0 Å². The predicted molar refractivity (Wildman–Crippen MR) is 60.5 cm³/mol. The van der Waals surface area contributed by atoms with E-state index in [1.807, 2.05) is 6.92 Å². The molecule has 0 saturated heterocycles. The Labute approximate surface area is 92.0 Å². The minimum atomic E-state index is -4.00. The molecule has 0 saturated carbocycles. The molecule has 0 spiro atoms. The summed E-state index contributed by atoms with van der Waals surface area (Å²) < 4.78 is 44.2. The summed E-state index contributed by atoms with van der Waals surface area (Å²) >= 11 is 0. The van der Waals surface area contributed by atoms with Gasteiger partial charge in [-0.2, -0.15) is 0 Å². The molecule has 5 nitrogen and oxygen atoms in total. The van der Waals surface area contributed by atoms with Gasteiger partial charge >= 0.3 is 0 Å². The largest absolute Gasteiger partial charge is 0.228 e. The fourth-order valence-corrected chi connectivity index (χ4v) is 5.30. The number of sulfonamides is 1. The second-order valence-corrected chi connectivity index (χ2v) is 7.88. The highest BCUT2D eigenvalue weighted by Gasteiger charge is 2.33. The summed E-state index contributed by atoms with van der Waals surface area (Å²) in [5, 5.41) is 4.92. The van der Waals surface area contributed by atoms with Crippen LogP contribution >= 0.6 is 0 Å². The van der Waals surface area contributed by atoms with Crippen molar-refractivity contribution in [1.82, 2.24) is 0 Å². The van der Waals surface area contributed by atoms with Crippen molar-refractivity contribution in [1.29, 1.82) is 0 Å². The Morgan fingerprint density at radius 3 is 1.93 bits per heavy atom. The van der Waals surface area contributed by atoms with Crippen LogP contribution in [-0.2, 0) is 19.9 Å². The Balaban J connectivity index is 4.93. The first kappa shape index (κ1) is 14.9. The highest BCUT2D eigenvalue weighted by atomic mass is 32.3. The maximum atomic E-state index is 11.7. The van der Waals surface area contributed by atoms with E-state index < -0.39 is 24.4 Å². The van der Waals surface area contributed by atoms with E-state index in [4.69, 9.17) is 5.14 Å². The van der Waals surface area contributed by atoms with Crippen molar-refractivity contribution in [3.63, 3.8) is 0 Å². The van der Waals surface area contributed by atoms with Crippen LogP contribution in [0.5, 0.6) is 0 Å². The molecular weight excluding hydrogens is 238 g/mol. The second kappa shape index (κ2) is 5.81. The lowest BCUT2D eigenvalue weighted by atomic mass is 10.4. The van der Waals surface area contributed by atoms with Crippen LogP contribution in [-0.4, -0.2) is 27.2 Å². The van der Waals surface area contributed by atoms with Crippen molar-refractivity contribution in [2.75, 3.05) is 5.75 Å². The average Bonchev–Trinajstić information content (AvgIpc) is 2.09. The van der Waals surface area contributed by atoms with Crippen molar-refractivity contribution in [3.05, 3.63) is 0 Å². The van der Waals surface area contributed by atoms with E-state index in [2.05, 4.69) is 0 Å². The number of hydrogen-bond donors (Lipinski definition) is 1. The zero-order chi connectivity index (χ0) is 12.1. The molecule has 2 N–H and O–H groups in total. The Hall–Kier alpha value is -0.140. The number of sulfone groups is 1. The van der Waals surface area contributed by atoms with Gasteiger partial charge in [0, 0.05) is 0 Å². The zero-order valence-corrected chi connectivity index (χ0v) is 10.8. The maximum absolute atomic E-state index is 11.7. The molecule has 0 heterocycles. The third kappa shape index (κ3) is 4.94. The maximum Gasteiger partial charge on any atom is 0.226 e. The van der Waals surface area contributed by atoms with E-state index in [1.54, 1.807) is 6.92 Å². The molecule has 0 rings (SSSR count). The summed E-state index contributed by atoms with van der Waals surface area (Å²) in [6.07, 6.45) is 1.73. The van der Waals surface area contributed by atoms with Crippen molar-refractivity contribution < 1.29 is 16.8 Å². The Kier molecular flexibility index (Phi) is 5.76. The molecule has 7 heteroatoms. The van der Waals surface area contributed by atoms with Crippen LogP contribution in [0.4, 0.5) is 0 Å². The minimum Gasteiger partial charge on any atom is -0.228 e. The summed E-state index contributed by atoms with van der Waals surface area (Å²) in [5.41, 5.74) is 0. The first-order chi connectivity index (χ1) is 6.75. The lowest BCUT2D eigenvalue weighted by Gasteiger charge is -2.14. The normalized spacial score (nSPS) is 15.1. The van der Waals surface area contributed by atoms with Gasteiger partial charge in [0.25, 0.3) is 0 Å². The molecule has 0 aliphatic heterocycles. The van der Waals surface area contributed by atoms with Gasteiger partial charge in [0.2, 0.25) is 10.0 Å². The van der Waals surface area contributed by atoms with Crippen molar-refractivity contribution in [2.45, 2.75) is 44.1 Å². The number of primary sulfonamides is 1. The van der Waals surface area contributed by atoms with Crippen LogP contribution < -0.4 is 5.14 Å². The summed E-state index contributed by atoms with van der Waals surface area (Å²) in [6.45, 7) is 3.58. The molecule has 0 aromatic rings. The predicted octanol–water partition coefficient (Wildman–Crippen LogP) is 0.616. The standard InChI is InChI=1S/C8H19NO4S2/c1-3-5-7-14(10,11)8(6-4-2)15(9,12)13/h8H,3-7H2,1-2H3,(H2,9,12,13). The molecule has 1 unspecified atom stereocenters. The van der Waals surface area contributed by atoms with Crippen molar-refractivity contribution >= 4 is 19.9 Å². The summed E-state index contributed by atoms with van der Waals surface area (Å²) in [5.74, 6) is -0.107. The minimum absolute atomic E-state index is 0.0743. The van der Waals surface area contributed by atoms with Crippen LogP contribution in [0.15, 0.2) is 0 Å². The average molecular weight is 257 g/mol. The number of unbranched alkanes of at least 4 members (excludes halogenated alkanes) is 1. The molecule has 0 aliphatic carbocycles. The number of rotatable bonds is 7. The fraction of sp³-hybridized carbons (Fsp3) is 1.00. The Morgan fingerprint density at radius 1 is 1.07 bits per heavy atom. The van der Waals surface area contributed by atoms with Gasteiger partial charge in [-0.05, 0) is 12.8 Å². The van der Waals surface area contributed by atoms with E-state index in [-0.39, 0.29) is 12.2 Å². The Morgan fingerprint density at radius 2 is 1.60 bits per heavy atom. The molecule has 0 bridgehead atoms. The molecule has 1 atom stereocenters. The summed E-state index contributed by atoms with van der Waals surface area (Å²) in [4.78, 5) is 0. The first-order valence-electron chi connectivity index (χ1n) is 4.98. The van der Waals surface area contributed by atoms with Gasteiger partial charge in [-0.15, -0.1) is 0 Å². The second-order valence-electron chi connectivity index (χ2n) is 3.53. The lowest BCUT2D eigenvalue weighted by Crippen LogP contribution is -2.36. The summed E-state index contributed by atoms with van der Waals surface area (Å²) in [7, 11) is -7.62. The van der Waals surface area contributed by atoms with Crippen LogP contribution in [0.25, 0.3) is 0 Å². The summed E-state index contributed by atoms with van der Waals surface area (Å²) in [6, 6.07) is 0. The van der Waals surface area contributed by atoms with Gasteiger partial charge < -0.3 is 0 Å². The number of hydrogen-bond acceptors (Lipinski definition) is 4. The zero-order valence-electron chi connectivity index (χ0n) is 9.14. The van der Waals surface area contributed by atoms with Gasteiger partial charge in [0.15, 0.2) is 14.4 Å². The van der Waals surface area contributed by atoms with Gasteiger partial charge in [0.05, 0.1) is 5.75 Å². The van der Waals surface area contributed by atoms with Gasteiger partial charge in [-0.3, -0.25) is 0 Å². The smallest absolute Gasteiger partial charge is 0.226 e. The third-order valence-corrected chi connectivity index (χ3v) is 6.62. The fourth-order valence-electron chi connectivity index (χ4n) is 1.26. The molecule has 0 fully saturated rings. The number of nitrogens with two attached hydrogens (primary N) is 1. The molecule has 0 aromatic carbocycles. The molecule has 0 aromatic heterocycles. The monoisotopic (exact) mass is 257 g/mol. The first-order valence-corrected chi connectivity index (χ1v) is 8.31. The lowest BCUT2D eigenvalue weighted by molar-refractivity contribution is 0.566. The van der Waals surface area contributed by atoms with Crippen LogP contribution in [0.1, 0.15) is 39.5 Å². The Bertz CT molecular complexity index is 371. The highest BCUT2D eigenvalue weighted by Crippen LogP contribution is 2.15. The van der Waals surface area contributed by atoms with Crippen LogP contribution in [0, 0.1) is 0 Å². The highest BCUT2D eigenvalue weighted by molar-refractivity contribution is 8.08. The van der Waals surface area contributed by atoms with Gasteiger partial charge in [-0.1, -0.05) is 26.7 Å². The molecule has 92 valence electrons. The van der Waals surface area contributed by atoms with Crippen molar-refractivity contribution in [3.8, 4) is 0 Å². The van der Waals surface area contributed by atoms with Crippen LogP contribution in [0.2, 0.25) is 0 Å². The topological polar surface area (TPSA) is 94.3 Å². The molecule has 0 radical (unpaired) electrons. The van der Waals surface area contributed by atoms with E-state index in [0.717, 1.165) is 0 Å². The quantitative estimate of drug-likeness (QED) is 0.723. The van der Waals surface area contributed by atoms with E-state index in [1.165, 1.54) is 0 Å². The van der Waals surface area contributed by atoms with Crippen molar-refractivity contribution in [2.24, 2.45) is 5.14 Å². The third-order valence-electron chi connectivity index (χ3n) is 2.07. The molecular formula is C8H19NO4S2. The molecule has 0 amide bonds. The molecule has 15 heavy (non-hydrogen) atoms. The SMILES string of the molecule is CCCCS(=O)(=O)C(CCC)S(N)(=O)=O. The van der Waals surface area contributed by atoms with Gasteiger partial charge in [-0.25, -0.2) is 22.0 Å².